The molecule has 2 aromatic carbocycles. The summed E-state index contributed by atoms with van der Waals surface area (Å²) in [6, 6.07) is 14.2. The van der Waals surface area contributed by atoms with Crippen LogP contribution >= 0.6 is 11.8 Å². The zero-order valence-corrected chi connectivity index (χ0v) is 17.7. The first-order chi connectivity index (χ1) is 14.5. The number of benzene rings is 2. The lowest BCUT2D eigenvalue weighted by atomic mass is 10.2. The number of carbonyl (C=O) groups is 1. The number of anilines is 1. The van der Waals surface area contributed by atoms with E-state index in [0.717, 1.165) is 11.8 Å². The summed E-state index contributed by atoms with van der Waals surface area (Å²) in [6.07, 6.45) is 0.521. The molecule has 3 rings (SSSR count). The van der Waals surface area contributed by atoms with Gasteiger partial charge in [0.2, 0.25) is 5.91 Å². The number of hydrogen-bond acceptors (Lipinski definition) is 7. The SMILES string of the molecule is CCC(Sc1nnc(-c2ccccc2)c(=O)[nH]1)C(=O)Nc1cc(OC)ccc1OC. The van der Waals surface area contributed by atoms with E-state index in [1.54, 1.807) is 37.4 Å². The fraction of sp³-hybridized carbons (Fsp3) is 0.238. The second-order valence-electron chi connectivity index (χ2n) is 6.24. The molecule has 1 atom stereocenters. The van der Waals surface area contributed by atoms with Crippen LogP contribution in [-0.2, 0) is 4.79 Å². The van der Waals surface area contributed by atoms with Crippen molar-refractivity contribution in [2.45, 2.75) is 23.8 Å². The number of nitrogens with zero attached hydrogens (tertiary/aromatic N) is 2. The Hall–Kier alpha value is -3.33. The minimum Gasteiger partial charge on any atom is -0.497 e. The van der Waals surface area contributed by atoms with Gasteiger partial charge in [-0.2, -0.15) is 0 Å². The van der Waals surface area contributed by atoms with E-state index in [0.29, 0.717) is 29.2 Å². The van der Waals surface area contributed by atoms with Gasteiger partial charge in [-0.1, -0.05) is 49.0 Å². The topological polar surface area (TPSA) is 106 Å². The Balaban J connectivity index is 1.76. The van der Waals surface area contributed by atoms with Crippen molar-refractivity contribution in [2.24, 2.45) is 0 Å². The molecule has 8 nitrogen and oxygen atoms in total. The van der Waals surface area contributed by atoms with Crippen molar-refractivity contribution in [2.75, 3.05) is 19.5 Å². The summed E-state index contributed by atoms with van der Waals surface area (Å²) in [5, 5.41) is 10.8. The van der Waals surface area contributed by atoms with Gasteiger partial charge < -0.3 is 14.8 Å². The Morgan fingerprint density at radius 1 is 1.13 bits per heavy atom. The molecule has 0 aliphatic rings. The zero-order valence-electron chi connectivity index (χ0n) is 16.8. The van der Waals surface area contributed by atoms with Crippen LogP contribution in [-0.4, -0.2) is 40.6 Å². The lowest BCUT2D eigenvalue weighted by Gasteiger charge is -2.16. The highest BCUT2D eigenvalue weighted by atomic mass is 32.2. The van der Waals surface area contributed by atoms with Crippen LogP contribution < -0.4 is 20.3 Å². The third kappa shape index (κ3) is 4.98. The smallest absolute Gasteiger partial charge is 0.278 e. The fourth-order valence-corrected chi connectivity index (χ4v) is 3.58. The van der Waals surface area contributed by atoms with Gasteiger partial charge in [0.25, 0.3) is 5.56 Å². The summed E-state index contributed by atoms with van der Waals surface area (Å²) in [6.45, 7) is 1.88. The maximum atomic E-state index is 12.8. The van der Waals surface area contributed by atoms with Gasteiger partial charge in [0.15, 0.2) is 10.9 Å². The number of carbonyl (C=O) groups excluding carboxylic acids is 1. The lowest BCUT2D eigenvalue weighted by Crippen LogP contribution is -2.26. The Morgan fingerprint density at radius 2 is 1.90 bits per heavy atom. The van der Waals surface area contributed by atoms with Crippen LogP contribution in [0.1, 0.15) is 13.3 Å². The maximum Gasteiger partial charge on any atom is 0.278 e. The average molecular weight is 426 g/mol. The molecule has 0 fully saturated rings. The van der Waals surface area contributed by atoms with Crippen LogP contribution in [0.5, 0.6) is 11.5 Å². The van der Waals surface area contributed by atoms with Gasteiger partial charge in [0.1, 0.15) is 11.5 Å². The maximum absolute atomic E-state index is 12.8. The van der Waals surface area contributed by atoms with E-state index in [-0.39, 0.29) is 22.3 Å². The van der Waals surface area contributed by atoms with Crippen LogP contribution in [0.15, 0.2) is 58.5 Å². The monoisotopic (exact) mass is 426 g/mol. The molecular formula is C21H22N4O4S. The highest BCUT2D eigenvalue weighted by Crippen LogP contribution is 2.30. The van der Waals surface area contributed by atoms with Crippen molar-refractivity contribution < 1.29 is 14.3 Å². The highest BCUT2D eigenvalue weighted by molar-refractivity contribution is 8.00. The second-order valence-corrected chi connectivity index (χ2v) is 7.44. The average Bonchev–Trinajstić information content (AvgIpc) is 2.78. The minimum atomic E-state index is -0.492. The van der Waals surface area contributed by atoms with Crippen LogP contribution in [0.25, 0.3) is 11.3 Å². The van der Waals surface area contributed by atoms with Crippen molar-refractivity contribution in [3.63, 3.8) is 0 Å². The number of rotatable bonds is 8. The number of aromatic amines is 1. The molecule has 0 saturated carbocycles. The Labute approximate surface area is 178 Å². The molecule has 0 bridgehead atoms. The number of amides is 1. The van der Waals surface area contributed by atoms with Crippen LogP contribution in [0.3, 0.4) is 0 Å². The van der Waals surface area contributed by atoms with Crippen molar-refractivity contribution in [3.8, 4) is 22.8 Å². The fourth-order valence-electron chi connectivity index (χ4n) is 2.74. The van der Waals surface area contributed by atoms with Gasteiger partial charge in [-0.25, -0.2) is 0 Å². The molecule has 1 aromatic heterocycles. The Kier molecular flexibility index (Phi) is 7.08. The number of aromatic nitrogens is 3. The predicted octanol–water partition coefficient (Wildman–Crippen LogP) is 3.36. The van der Waals surface area contributed by atoms with Crippen LogP contribution in [0.2, 0.25) is 0 Å². The van der Waals surface area contributed by atoms with Crippen molar-refractivity contribution in [1.29, 1.82) is 0 Å². The molecule has 2 N–H and O–H groups in total. The summed E-state index contributed by atoms with van der Waals surface area (Å²) >= 11 is 1.14. The number of hydrogen-bond donors (Lipinski definition) is 2. The summed E-state index contributed by atoms with van der Waals surface area (Å²) in [5.41, 5.74) is 1.06. The van der Waals surface area contributed by atoms with E-state index in [4.69, 9.17) is 9.47 Å². The molecule has 3 aromatic rings. The molecule has 0 radical (unpaired) electrons. The first kappa shape index (κ1) is 21.4. The van der Waals surface area contributed by atoms with E-state index >= 15 is 0 Å². The zero-order chi connectivity index (χ0) is 21.5. The number of nitrogens with one attached hydrogen (secondary N) is 2. The molecule has 0 aliphatic heterocycles. The standard InChI is InChI=1S/C21H22N4O4S/c1-4-17(19(26)22-15-12-14(28-2)10-11-16(15)29-3)30-21-23-20(27)18(24-25-21)13-8-6-5-7-9-13/h5-12,17H,4H2,1-3H3,(H,22,26)(H,23,25,27). The summed E-state index contributed by atoms with van der Waals surface area (Å²) < 4.78 is 10.5. The molecule has 1 heterocycles. The third-order valence-corrected chi connectivity index (χ3v) is 5.54. The normalized spacial score (nSPS) is 11.6. The number of H-pyrrole nitrogens is 1. The second kappa shape index (κ2) is 9.93. The van der Waals surface area contributed by atoms with E-state index < -0.39 is 5.25 Å². The third-order valence-electron chi connectivity index (χ3n) is 4.31. The first-order valence-electron chi connectivity index (χ1n) is 9.27. The molecule has 156 valence electrons. The molecule has 9 heteroatoms. The minimum absolute atomic E-state index is 0.235. The summed E-state index contributed by atoms with van der Waals surface area (Å²) in [5.74, 6) is 0.867. The molecule has 0 spiro atoms. The quantitative estimate of drug-likeness (QED) is 0.532. The molecule has 0 aliphatic carbocycles. The van der Waals surface area contributed by atoms with Gasteiger partial charge in [-0.05, 0) is 18.6 Å². The first-order valence-corrected chi connectivity index (χ1v) is 10.2. The van der Waals surface area contributed by atoms with Crippen LogP contribution in [0.4, 0.5) is 5.69 Å². The molecule has 1 unspecified atom stereocenters. The van der Waals surface area contributed by atoms with Gasteiger partial charge in [0.05, 0.1) is 25.2 Å². The van der Waals surface area contributed by atoms with Crippen molar-refractivity contribution >= 4 is 23.4 Å². The summed E-state index contributed by atoms with van der Waals surface area (Å²) in [4.78, 5) is 28.0. The van der Waals surface area contributed by atoms with Crippen molar-refractivity contribution in [1.82, 2.24) is 15.2 Å². The van der Waals surface area contributed by atoms with E-state index in [1.807, 2.05) is 25.1 Å². The number of methoxy groups -OCH3 is 2. The molecule has 1 amide bonds. The number of thioether (sulfide) groups is 1. The largest absolute Gasteiger partial charge is 0.497 e. The Morgan fingerprint density at radius 3 is 2.53 bits per heavy atom. The highest BCUT2D eigenvalue weighted by Gasteiger charge is 2.21. The van der Waals surface area contributed by atoms with Gasteiger partial charge in [0, 0.05) is 11.6 Å². The van der Waals surface area contributed by atoms with Crippen LogP contribution in [0, 0.1) is 0 Å². The molecule has 0 saturated heterocycles. The molecular weight excluding hydrogens is 404 g/mol. The van der Waals surface area contributed by atoms with Crippen molar-refractivity contribution in [3.05, 3.63) is 58.9 Å². The van der Waals surface area contributed by atoms with Gasteiger partial charge >= 0.3 is 0 Å². The molecule has 30 heavy (non-hydrogen) atoms. The van der Waals surface area contributed by atoms with E-state index in [1.165, 1.54) is 7.11 Å². The van der Waals surface area contributed by atoms with Gasteiger partial charge in [-0.15, -0.1) is 10.2 Å². The summed E-state index contributed by atoms with van der Waals surface area (Å²) in [7, 11) is 3.07. The number of ether oxygens (including phenoxy) is 2. The Bertz CT molecular complexity index is 1070. The van der Waals surface area contributed by atoms with E-state index in [9.17, 15) is 9.59 Å². The van der Waals surface area contributed by atoms with E-state index in [2.05, 4.69) is 20.5 Å². The lowest BCUT2D eigenvalue weighted by molar-refractivity contribution is -0.115. The van der Waals surface area contributed by atoms with Gasteiger partial charge in [-0.3, -0.25) is 14.6 Å². The predicted molar refractivity (Wildman–Crippen MR) is 116 cm³/mol.